The van der Waals surface area contributed by atoms with Gasteiger partial charge in [-0.3, -0.25) is 19.2 Å². The van der Waals surface area contributed by atoms with Crippen LogP contribution in [0.25, 0.3) is 0 Å². The Morgan fingerprint density at radius 2 is 1.20 bits per heavy atom. The Morgan fingerprint density at radius 3 is 1.62 bits per heavy atom. The van der Waals surface area contributed by atoms with Crippen molar-refractivity contribution < 1.29 is 19.2 Å². The molecule has 7 aliphatic carbocycles. The molecule has 2 saturated heterocycles. The fourth-order valence-electron chi connectivity index (χ4n) is 11.4. The van der Waals surface area contributed by atoms with Crippen LogP contribution < -0.4 is 0 Å². The first-order chi connectivity index (χ1) is 19.2. The number of H-pyrrole nitrogens is 2. The average molecular weight is 533 g/mol. The summed E-state index contributed by atoms with van der Waals surface area (Å²) >= 11 is 0. The molecule has 8 heteroatoms. The lowest BCUT2D eigenvalue weighted by Crippen LogP contribution is -2.49. The number of hydrogen-bond donors (Lipinski definition) is 2. The van der Waals surface area contributed by atoms with Crippen LogP contribution in [0.2, 0.25) is 0 Å². The quantitative estimate of drug-likeness (QED) is 0.620. The van der Waals surface area contributed by atoms with Crippen LogP contribution in [0.3, 0.4) is 0 Å². The first-order valence-corrected chi connectivity index (χ1v) is 14.7. The molecule has 0 aromatic carbocycles. The SMILES string of the molecule is Cc1c[nH]c2c1C13C[C@@H]1CN(C(=O)C14CC5(C(=O)N6C[C@H]7CC78C6=CC(=O)c6[nH]cc(C)c68)CC15C4)C3=CC2=O. The Balaban J connectivity index is 0.898. The maximum Gasteiger partial charge on any atom is 0.233 e. The second-order valence-electron chi connectivity index (χ2n) is 14.6. The number of nitrogens with one attached hydrogen (secondary N) is 2. The summed E-state index contributed by atoms with van der Waals surface area (Å²) in [5, 5.41) is 0. The summed E-state index contributed by atoms with van der Waals surface area (Å²) in [6, 6.07) is 0. The van der Waals surface area contributed by atoms with Gasteiger partial charge in [-0.05, 0) is 80.0 Å². The summed E-state index contributed by atoms with van der Waals surface area (Å²) < 4.78 is 0. The van der Waals surface area contributed by atoms with Crippen molar-refractivity contribution in [2.45, 2.75) is 56.8 Å². The molecule has 5 saturated carbocycles. The predicted molar refractivity (Wildman–Crippen MR) is 140 cm³/mol. The maximum atomic E-state index is 14.2. The van der Waals surface area contributed by atoms with Crippen LogP contribution in [0.4, 0.5) is 0 Å². The zero-order valence-electron chi connectivity index (χ0n) is 22.4. The van der Waals surface area contributed by atoms with Crippen molar-refractivity contribution in [3.05, 3.63) is 69.6 Å². The lowest BCUT2D eigenvalue weighted by atomic mass is 9.72. The highest BCUT2D eigenvalue weighted by molar-refractivity contribution is 6.11. The molecule has 6 atom stereocenters. The Labute approximate surface area is 229 Å². The third-order valence-corrected chi connectivity index (χ3v) is 13.3. The highest BCUT2D eigenvalue weighted by Crippen LogP contribution is 3.01. The highest BCUT2D eigenvalue weighted by Gasteiger charge is 3.02. The van der Waals surface area contributed by atoms with Gasteiger partial charge in [-0.15, -0.1) is 0 Å². The van der Waals surface area contributed by atoms with Crippen molar-refractivity contribution in [3.63, 3.8) is 0 Å². The van der Waals surface area contributed by atoms with E-state index in [1.165, 1.54) is 0 Å². The smallest absolute Gasteiger partial charge is 0.233 e. The molecule has 3 spiro atoms. The number of fused-ring (bicyclic) bond motifs is 2. The number of aryl methyl sites for hydroxylation is 2. The molecule has 4 heterocycles. The number of piperidine rings is 2. The summed E-state index contributed by atoms with van der Waals surface area (Å²) in [5.41, 5.74) is 6.03. The van der Waals surface area contributed by atoms with Crippen molar-refractivity contribution in [1.29, 1.82) is 0 Å². The minimum absolute atomic E-state index is 0.0423. The fourth-order valence-corrected chi connectivity index (χ4v) is 11.4. The predicted octanol–water partition coefficient (Wildman–Crippen LogP) is 3.19. The zero-order chi connectivity index (χ0) is 26.9. The standard InChI is InChI=1S/C32H28N4O4/c1-14-7-33-24-18(37)3-20-31(22(14)24)5-16(31)9-35(20)26(39)28-11-29(13-30(28,29)12-28)27(40)36-10-17-6-32(17)21(36)4-19(38)25-23(32)15(2)8-34-25/h3-4,7-8,16-17,33-34H,5-6,9-13H2,1-2H3/t16-,17-,28?,29?,30?,31?,32?/m1/s1. The van der Waals surface area contributed by atoms with E-state index in [2.05, 4.69) is 9.97 Å². The van der Waals surface area contributed by atoms with Crippen LogP contribution in [0, 0.1) is 41.9 Å². The number of carbonyl (C=O) groups is 4. The Morgan fingerprint density at radius 1 is 0.750 bits per heavy atom. The fraction of sp³-hybridized carbons (Fsp3) is 0.500. The molecule has 2 amide bonds. The van der Waals surface area contributed by atoms with Gasteiger partial charge in [0.1, 0.15) is 0 Å². The molecule has 200 valence electrons. The van der Waals surface area contributed by atoms with Gasteiger partial charge in [0, 0.05) is 65.3 Å². The Bertz CT molecular complexity index is 1720. The van der Waals surface area contributed by atoms with Crippen LogP contribution >= 0.6 is 0 Å². The highest BCUT2D eigenvalue weighted by atomic mass is 16.2. The number of aromatic amines is 2. The van der Waals surface area contributed by atoms with E-state index in [0.29, 0.717) is 42.7 Å². The monoisotopic (exact) mass is 532 g/mol. The number of likely N-dealkylation sites (tertiary alicyclic amines) is 2. The molecule has 2 aromatic heterocycles. The van der Waals surface area contributed by atoms with Gasteiger partial charge < -0.3 is 19.8 Å². The normalized spacial score (nSPS) is 44.5. The van der Waals surface area contributed by atoms with Crippen LogP contribution in [-0.4, -0.2) is 56.2 Å². The molecule has 2 aliphatic heterocycles. The van der Waals surface area contributed by atoms with Gasteiger partial charge >= 0.3 is 0 Å². The maximum absolute atomic E-state index is 14.2. The van der Waals surface area contributed by atoms with Crippen LogP contribution in [0.1, 0.15) is 75.3 Å². The number of nitrogens with zero attached hydrogens (tertiary/aromatic N) is 2. The average Bonchev–Trinajstić information content (AvgIpc) is 3.84. The molecule has 0 radical (unpaired) electrons. The lowest BCUT2D eigenvalue weighted by molar-refractivity contribution is -0.146. The molecule has 7 fully saturated rings. The molecular formula is C32H28N4O4. The third kappa shape index (κ3) is 1.73. The largest absolute Gasteiger partial charge is 0.358 e. The Kier molecular flexibility index (Phi) is 2.88. The van der Waals surface area contributed by atoms with Gasteiger partial charge in [-0.25, -0.2) is 0 Å². The van der Waals surface area contributed by atoms with E-state index < -0.39 is 10.8 Å². The van der Waals surface area contributed by atoms with Crippen molar-refractivity contribution in [2.75, 3.05) is 13.1 Å². The van der Waals surface area contributed by atoms with Gasteiger partial charge in [0.2, 0.25) is 23.4 Å². The van der Waals surface area contributed by atoms with Gasteiger partial charge in [0.05, 0.1) is 22.2 Å². The molecule has 4 unspecified atom stereocenters. The van der Waals surface area contributed by atoms with Crippen LogP contribution in [-0.2, 0) is 20.4 Å². The van der Waals surface area contributed by atoms with Crippen molar-refractivity contribution in [3.8, 4) is 0 Å². The van der Waals surface area contributed by atoms with E-state index in [1.807, 2.05) is 36.0 Å². The zero-order valence-corrected chi connectivity index (χ0v) is 22.4. The van der Waals surface area contributed by atoms with E-state index in [1.54, 1.807) is 12.2 Å². The van der Waals surface area contributed by atoms with E-state index in [9.17, 15) is 19.2 Å². The minimum Gasteiger partial charge on any atom is -0.358 e. The second-order valence-corrected chi connectivity index (χ2v) is 14.6. The third-order valence-electron chi connectivity index (χ3n) is 13.3. The molecule has 2 N–H and O–H groups in total. The molecule has 8 nitrogen and oxygen atoms in total. The molecule has 2 aromatic rings. The molecule has 11 rings (SSSR count). The number of hydrogen-bond acceptors (Lipinski definition) is 4. The van der Waals surface area contributed by atoms with E-state index in [-0.39, 0.29) is 39.6 Å². The number of aromatic nitrogens is 2. The Hall–Kier alpha value is -3.68. The summed E-state index contributed by atoms with van der Waals surface area (Å²) in [6.45, 7) is 5.43. The number of ketones is 2. The van der Waals surface area contributed by atoms with Gasteiger partial charge in [-0.1, -0.05) is 0 Å². The van der Waals surface area contributed by atoms with E-state index in [4.69, 9.17) is 0 Å². The number of rotatable bonds is 2. The summed E-state index contributed by atoms with van der Waals surface area (Å²) in [5.74, 6) is 0.919. The van der Waals surface area contributed by atoms with E-state index in [0.717, 1.165) is 59.3 Å². The summed E-state index contributed by atoms with van der Waals surface area (Å²) in [4.78, 5) is 64.6. The van der Waals surface area contributed by atoms with Gasteiger partial charge in [0.25, 0.3) is 0 Å². The molecule has 9 aliphatic rings. The van der Waals surface area contributed by atoms with Crippen molar-refractivity contribution >= 4 is 23.4 Å². The first-order valence-electron chi connectivity index (χ1n) is 14.7. The van der Waals surface area contributed by atoms with Crippen LogP contribution in [0.15, 0.2) is 35.9 Å². The van der Waals surface area contributed by atoms with Crippen molar-refractivity contribution in [2.24, 2.45) is 28.1 Å². The second kappa shape index (κ2) is 5.46. The lowest BCUT2D eigenvalue weighted by Gasteiger charge is -2.39. The topological polar surface area (TPSA) is 106 Å². The number of amides is 2. The first kappa shape index (κ1) is 21.1. The molecule has 0 bridgehead atoms. The number of carbonyl (C=O) groups excluding carboxylic acids is 4. The van der Waals surface area contributed by atoms with Crippen molar-refractivity contribution in [1.82, 2.24) is 19.8 Å². The minimum atomic E-state index is -0.459. The van der Waals surface area contributed by atoms with Gasteiger partial charge in [-0.2, -0.15) is 0 Å². The molecular weight excluding hydrogens is 504 g/mol. The van der Waals surface area contributed by atoms with Gasteiger partial charge in [0.15, 0.2) is 0 Å². The summed E-state index contributed by atoms with van der Waals surface area (Å²) in [7, 11) is 0. The number of allylic oxidation sites excluding steroid dienone is 4. The molecule has 40 heavy (non-hydrogen) atoms. The van der Waals surface area contributed by atoms with Crippen LogP contribution in [0.5, 0.6) is 0 Å². The van der Waals surface area contributed by atoms with E-state index >= 15 is 0 Å². The summed E-state index contributed by atoms with van der Waals surface area (Å²) in [6.07, 6.45) is 11.4.